The summed E-state index contributed by atoms with van der Waals surface area (Å²) >= 11 is 0. The SMILES string of the molecule is CCCCCCCCO[C@]1(C(=O)O)C[C@H](O)[C@@H](NC(C)=O)[C@H](C(O)[C@H](CO)O[C@]2(C(=O)O)C[C@H](O)[C@@H](NC(C)=O)[C@H](C(O)[C@H](CO)O[C@]3(C(=O)O)C[C@H](O)[C@@H](NC(C)=O)[C@H](C(O)[C@H](CO)O[C@]4(C(=O)O)C[C@H](O)[C@@H](NC(=O)CO)[C@H](C(O)[C@H](O)CO)O4)O3)O2)O1. The van der Waals surface area contributed by atoms with Gasteiger partial charge in [-0.05, 0) is 6.42 Å². The third-order valence-corrected chi connectivity index (χ3v) is 15.6. The number of amides is 4. The molecule has 0 aromatic heterocycles. The van der Waals surface area contributed by atoms with Gasteiger partial charge in [0.15, 0.2) is 0 Å². The van der Waals surface area contributed by atoms with Crippen LogP contribution in [0.1, 0.15) is 91.9 Å². The Hall–Kier alpha value is -5.12. The number of nitrogens with one attached hydrogen (secondary N) is 4. The number of hydrogen-bond acceptors (Lipinski definition) is 30. The molecule has 38 nitrogen and oxygen atoms in total. The first-order valence-corrected chi connectivity index (χ1v) is 28.7. The second kappa shape index (κ2) is 33.6. The van der Waals surface area contributed by atoms with Gasteiger partial charge in [-0.25, -0.2) is 19.2 Å². The van der Waals surface area contributed by atoms with Crippen molar-refractivity contribution in [2.24, 2.45) is 0 Å². The first-order valence-electron chi connectivity index (χ1n) is 28.7. The van der Waals surface area contributed by atoms with Gasteiger partial charge in [0.2, 0.25) is 23.6 Å². The Kier molecular flexibility index (Phi) is 28.9. The number of hydrogen-bond donors (Lipinski definition) is 22. The highest BCUT2D eigenvalue weighted by Crippen LogP contribution is 2.42. The molecule has 518 valence electrons. The Morgan fingerprint density at radius 3 is 1.01 bits per heavy atom. The standard InChI is InChI=1S/C52H86N4O34/c1-5-6-7-8-9-10-11-83-49(45(75)76)12-24(65)33(53-21(2)62)42(87-49)38(72)29(17-58)85-51(47(79)80)13-25(66)35(55-23(4)64)44(89-51)40(74)31(19-60)86-52(48(81)82)14-26(67)34(54-22(3)63)43(90-52)39(73)30(18-59)84-50(46(77)78)15-27(68)36(56-32(70)20-61)41(88-50)37(71)28(69)16-57/h24-31,33-44,57-61,65-69,71-74H,5-20H2,1-4H3,(H,53,62)(H,54,63)(H,55,64)(H,56,70)(H,75,76)(H,77,78)(H,79,80)(H,81,82)/t24-,25-,26-,27-,28+,29-,30-,31-,33+,34+,35+,36+,37?,38?,39?,40?,41+,42+,43+,44+,49+,50+,51+,52+/m0/s1. The van der Waals surface area contributed by atoms with Gasteiger partial charge in [0.1, 0.15) is 79.9 Å². The molecule has 4 rings (SSSR count). The molecule has 38 heteroatoms. The molecule has 4 unspecified atom stereocenters. The van der Waals surface area contributed by atoms with Gasteiger partial charge in [-0.1, -0.05) is 39.0 Å². The monoisotopic (exact) mass is 1310 g/mol. The number of aliphatic hydroxyl groups excluding tert-OH is 14. The van der Waals surface area contributed by atoms with Crippen molar-refractivity contribution in [3.05, 3.63) is 0 Å². The second-order valence-corrected chi connectivity index (χ2v) is 22.4. The van der Waals surface area contributed by atoms with E-state index in [2.05, 4.69) is 16.0 Å². The van der Waals surface area contributed by atoms with Gasteiger partial charge in [-0.2, -0.15) is 0 Å². The van der Waals surface area contributed by atoms with E-state index in [0.29, 0.717) is 12.8 Å². The summed E-state index contributed by atoms with van der Waals surface area (Å²) < 4.78 is 45.6. The predicted octanol–water partition coefficient (Wildman–Crippen LogP) is -9.99. The van der Waals surface area contributed by atoms with Gasteiger partial charge in [-0.15, -0.1) is 0 Å². The molecule has 0 aromatic carbocycles. The van der Waals surface area contributed by atoms with Crippen molar-refractivity contribution in [3.8, 4) is 0 Å². The molecule has 4 heterocycles. The van der Waals surface area contributed by atoms with Crippen molar-refractivity contribution >= 4 is 47.5 Å². The molecule has 0 bridgehead atoms. The normalized spacial score (nSPS) is 34.8. The van der Waals surface area contributed by atoms with Crippen molar-refractivity contribution in [1.29, 1.82) is 0 Å². The van der Waals surface area contributed by atoms with Crippen LogP contribution in [0.2, 0.25) is 0 Å². The van der Waals surface area contributed by atoms with E-state index in [1.807, 2.05) is 12.2 Å². The van der Waals surface area contributed by atoms with Crippen molar-refractivity contribution < 1.29 is 168 Å². The molecule has 0 aliphatic carbocycles. The minimum absolute atomic E-state index is 0.269. The number of carbonyl (C=O) groups excluding carboxylic acids is 4. The summed E-state index contributed by atoms with van der Waals surface area (Å²) in [6, 6.07) is -7.75. The smallest absolute Gasteiger partial charge is 0.364 e. The molecule has 0 spiro atoms. The largest absolute Gasteiger partial charge is 0.477 e. The molecular weight excluding hydrogens is 1220 g/mol. The molecule has 22 N–H and O–H groups in total. The summed E-state index contributed by atoms with van der Waals surface area (Å²) in [7, 11) is 0. The van der Waals surface area contributed by atoms with Gasteiger partial charge in [0.05, 0.1) is 81.6 Å². The Balaban J connectivity index is 1.77. The minimum atomic E-state index is -3.56. The number of ether oxygens (including phenoxy) is 8. The molecule has 0 radical (unpaired) electrons. The fraction of sp³-hybridized carbons (Fsp3) is 0.846. The van der Waals surface area contributed by atoms with Crippen molar-refractivity contribution in [2.45, 2.75) is 237 Å². The third-order valence-electron chi connectivity index (χ3n) is 15.6. The van der Waals surface area contributed by atoms with Gasteiger partial charge in [0.25, 0.3) is 23.1 Å². The van der Waals surface area contributed by atoms with E-state index in [0.717, 1.165) is 46.5 Å². The molecule has 4 fully saturated rings. The molecule has 4 saturated heterocycles. The van der Waals surface area contributed by atoms with Gasteiger partial charge < -0.3 is 151 Å². The van der Waals surface area contributed by atoms with Crippen LogP contribution >= 0.6 is 0 Å². The highest BCUT2D eigenvalue weighted by Gasteiger charge is 2.64. The molecule has 24 atom stereocenters. The molecule has 0 saturated carbocycles. The highest BCUT2D eigenvalue weighted by atomic mass is 16.8. The van der Waals surface area contributed by atoms with Gasteiger partial charge in [-0.3, -0.25) is 19.2 Å². The van der Waals surface area contributed by atoms with Gasteiger partial charge in [0, 0.05) is 46.5 Å². The number of carbonyl (C=O) groups is 8. The van der Waals surface area contributed by atoms with Crippen LogP contribution in [0.3, 0.4) is 0 Å². The molecule has 4 amide bonds. The van der Waals surface area contributed by atoms with E-state index in [4.69, 9.17) is 37.9 Å². The van der Waals surface area contributed by atoms with Crippen molar-refractivity contribution in [2.75, 3.05) is 39.6 Å². The topological polar surface area (TPSA) is 623 Å². The number of unbranched alkanes of at least 4 members (excludes halogenated alkanes) is 5. The van der Waals surface area contributed by atoms with Crippen LogP contribution < -0.4 is 21.3 Å². The third kappa shape index (κ3) is 18.4. The summed E-state index contributed by atoms with van der Waals surface area (Å²) in [6.07, 6.45) is -39.0. The minimum Gasteiger partial charge on any atom is -0.477 e. The lowest BCUT2D eigenvalue weighted by Crippen LogP contribution is -2.72. The quantitative estimate of drug-likeness (QED) is 0.0262. The maximum Gasteiger partial charge on any atom is 0.364 e. The van der Waals surface area contributed by atoms with Crippen LogP contribution in [-0.4, -0.2) is 324 Å². The zero-order valence-corrected chi connectivity index (χ0v) is 49.4. The number of aliphatic carboxylic acids is 4. The van der Waals surface area contributed by atoms with Crippen LogP contribution in [0.25, 0.3) is 0 Å². The van der Waals surface area contributed by atoms with Crippen LogP contribution in [0, 0.1) is 0 Å². The summed E-state index contributed by atoms with van der Waals surface area (Å²) in [6.45, 7) is -2.72. The van der Waals surface area contributed by atoms with E-state index in [9.17, 15) is 130 Å². The van der Waals surface area contributed by atoms with Crippen LogP contribution in [0.15, 0.2) is 0 Å². The first kappa shape index (κ1) is 77.3. The highest BCUT2D eigenvalue weighted by molar-refractivity contribution is 5.79. The predicted molar refractivity (Wildman–Crippen MR) is 288 cm³/mol. The van der Waals surface area contributed by atoms with Gasteiger partial charge >= 0.3 is 23.9 Å². The average molecular weight is 1310 g/mol. The molecular formula is C52H86N4O34. The lowest BCUT2D eigenvalue weighted by molar-refractivity contribution is -0.362. The van der Waals surface area contributed by atoms with Crippen LogP contribution in [0.4, 0.5) is 0 Å². The average Bonchev–Trinajstić information content (AvgIpc) is 0.775. The molecule has 4 aliphatic rings. The fourth-order valence-corrected chi connectivity index (χ4v) is 11.2. The summed E-state index contributed by atoms with van der Waals surface area (Å²) in [5, 5.41) is 206. The Morgan fingerprint density at radius 1 is 0.433 bits per heavy atom. The van der Waals surface area contributed by atoms with Crippen molar-refractivity contribution in [3.63, 3.8) is 0 Å². The summed E-state index contributed by atoms with van der Waals surface area (Å²) in [5.74, 6) is -26.0. The van der Waals surface area contributed by atoms with E-state index in [1.165, 1.54) is 0 Å². The van der Waals surface area contributed by atoms with Crippen molar-refractivity contribution in [1.82, 2.24) is 21.3 Å². The number of aliphatic hydroxyl groups is 14. The Labute approximate surface area is 512 Å². The number of carboxylic acid groups (broad SMARTS) is 4. The Bertz CT molecular complexity index is 2420. The lowest BCUT2D eigenvalue weighted by atomic mass is 9.86. The summed E-state index contributed by atoms with van der Waals surface area (Å²) in [4.78, 5) is 103. The van der Waals surface area contributed by atoms with E-state index in [1.54, 1.807) is 0 Å². The Morgan fingerprint density at radius 2 is 0.722 bits per heavy atom. The summed E-state index contributed by atoms with van der Waals surface area (Å²) in [5.41, 5.74) is 0. The maximum absolute atomic E-state index is 13.5. The number of carboxylic acids is 4. The number of rotatable bonds is 35. The maximum atomic E-state index is 13.5. The van der Waals surface area contributed by atoms with E-state index in [-0.39, 0.29) is 6.61 Å². The van der Waals surface area contributed by atoms with E-state index < -0.39 is 251 Å². The molecule has 4 aliphatic heterocycles. The zero-order valence-electron chi connectivity index (χ0n) is 49.4. The van der Waals surface area contributed by atoms with Crippen LogP contribution in [0.5, 0.6) is 0 Å². The molecule has 0 aromatic rings. The molecule has 90 heavy (non-hydrogen) atoms. The van der Waals surface area contributed by atoms with E-state index >= 15 is 0 Å². The zero-order chi connectivity index (χ0) is 68.0. The fourth-order valence-electron chi connectivity index (χ4n) is 11.2. The second-order valence-electron chi connectivity index (χ2n) is 22.4. The lowest BCUT2D eigenvalue weighted by Gasteiger charge is -2.51. The first-order chi connectivity index (χ1) is 42.1. The van der Waals surface area contributed by atoms with Crippen LogP contribution in [-0.2, 0) is 76.3 Å².